The van der Waals surface area contributed by atoms with E-state index in [4.69, 9.17) is 4.74 Å². The molecule has 9 nitrogen and oxygen atoms in total. The Hall–Kier alpha value is -2.42. The highest BCUT2D eigenvalue weighted by molar-refractivity contribution is 5.96. The van der Waals surface area contributed by atoms with Gasteiger partial charge in [0.1, 0.15) is 29.5 Å². The summed E-state index contributed by atoms with van der Waals surface area (Å²) in [5.74, 6) is -0.136. The molecule has 1 amide bonds. The molecule has 3 heterocycles. The second kappa shape index (κ2) is 6.71. The molecule has 3 aliphatic heterocycles. The van der Waals surface area contributed by atoms with Crippen LogP contribution in [0, 0.1) is 5.92 Å². The molecule has 1 saturated heterocycles. The predicted octanol–water partition coefficient (Wildman–Crippen LogP) is 0.930. The summed E-state index contributed by atoms with van der Waals surface area (Å²) in [6.07, 6.45) is 5.14. The maximum atomic E-state index is 12.1. The fourth-order valence-corrected chi connectivity index (χ4v) is 3.43. The summed E-state index contributed by atoms with van der Waals surface area (Å²) in [5, 5.41) is 15.4. The van der Waals surface area contributed by atoms with Gasteiger partial charge in [-0.3, -0.25) is 9.89 Å². The van der Waals surface area contributed by atoms with Crippen LogP contribution in [-0.2, 0) is 9.53 Å². The number of hydrogen-bond acceptors (Lipinski definition) is 7. The van der Waals surface area contributed by atoms with Crippen molar-refractivity contribution < 1.29 is 19.4 Å². The highest BCUT2D eigenvalue weighted by Crippen LogP contribution is 2.29. The van der Waals surface area contributed by atoms with Crippen LogP contribution in [0.1, 0.15) is 33.6 Å². The molecule has 9 heteroatoms. The number of carboxylic acids is 1. The minimum atomic E-state index is -1.32. The summed E-state index contributed by atoms with van der Waals surface area (Å²) in [6.45, 7) is 6.23. The highest BCUT2D eigenvalue weighted by atomic mass is 16.6. The number of carbonyl (C=O) groups is 2. The first-order valence-corrected chi connectivity index (χ1v) is 8.71. The zero-order chi connectivity index (χ0) is 18.9. The normalized spacial score (nSPS) is 27.3. The number of likely N-dealkylation sites (tertiary alicyclic amines) is 1. The molecule has 0 spiro atoms. The van der Waals surface area contributed by atoms with E-state index in [9.17, 15) is 14.7 Å². The third kappa shape index (κ3) is 3.72. The topological polar surface area (TPSA) is 116 Å². The number of amidine groups is 1. The Morgan fingerprint density at radius 3 is 2.69 bits per heavy atom. The monoisotopic (exact) mass is 363 g/mol. The average Bonchev–Trinajstić information content (AvgIpc) is 3.02. The van der Waals surface area contributed by atoms with Gasteiger partial charge in [-0.1, -0.05) is 6.08 Å². The van der Waals surface area contributed by atoms with Crippen LogP contribution in [0.25, 0.3) is 0 Å². The van der Waals surface area contributed by atoms with Gasteiger partial charge in [-0.2, -0.15) is 0 Å². The number of fused-ring (bicyclic) bond motifs is 1. The van der Waals surface area contributed by atoms with Crippen LogP contribution in [0.4, 0.5) is 4.79 Å². The summed E-state index contributed by atoms with van der Waals surface area (Å²) < 4.78 is 5.23. The number of rotatable bonds is 3. The Balaban J connectivity index is 1.65. The van der Waals surface area contributed by atoms with Crippen molar-refractivity contribution in [3.05, 3.63) is 12.3 Å². The van der Waals surface area contributed by atoms with Gasteiger partial charge in [-0.15, -0.1) is 0 Å². The molecule has 26 heavy (non-hydrogen) atoms. The highest BCUT2D eigenvalue weighted by Gasteiger charge is 2.46. The number of nitrogens with one attached hydrogen (secondary N) is 2. The second-order valence-corrected chi connectivity index (χ2v) is 7.77. The third-order valence-corrected chi connectivity index (χ3v) is 4.76. The summed E-state index contributed by atoms with van der Waals surface area (Å²) in [7, 11) is 0. The lowest BCUT2D eigenvalue weighted by atomic mass is 9.86. The molecule has 1 fully saturated rings. The molecule has 3 aliphatic rings. The van der Waals surface area contributed by atoms with Gasteiger partial charge in [-0.05, 0) is 39.8 Å². The van der Waals surface area contributed by atoms with Gasteiger partial charge in [-0.25, -0.2) is 14.6 Å². The van der Waals surface area contributed by atoms with E-state index in [1.54, 1.807) is 20.8 Å². The minimum absolute atomic E-state index is 0.0520. The van der Waals surface area contributed by atoms with Crippen molar-refractivity contribution in [2.45, 2.75) is 50.9 Å². The Kier molecular flexibility index (Phi) is 4.74. The van der Waals surface area contributed by atoms with E-state index in [1.165, 1.54) is 6.34 Å². The van der Waals surface area contributed by atoms with E-state index in [0.717, 1.165) is 5.84 Å². The van der Waals surface area contributed by atoms with Crippen molar-refractivity contribution in [3.63, 3.8) is 0 Å². The lowest BCUT2D eigenvalue weighted by Crippen LogP contribution is -2.62. The fourth-order valence-electron chi connectivity index (χ4n) is 3.43. The van der Waals surface area contributed by atoms with Crippen LogP contribution < -0.4 is 10.6 Å². The average molecular weight is 363 g/mol. The molecule has 0 saturated carbocycles. The van der Waals surface area contributed by atoms with Gasteiger partial charge >= 0.3 is 12.1 Å². The molecule has 2 unspecified atom stereocenters. The van der Waals surface area contributed by atoms with Crippen molar-refractivity contribution in [1.82, 2.24) is 15.5 Å². The van der Waals surface area contributed by atoms with E-state index >= 15 is 0 Å². The van der Waals surface area contributed by atoms with E-state index < -0.39 is 23.2 Å². The lowest BCUT2D eigenvalue weighted by Gasteiger charge is -2.42. The number of nitrogens with zero attached hydrogens (tertiary/aromatic N) is 3. The first-order valence-electron chi connectivity index (χ1n) is 8.71. The molecular formula is C17H25N5O4. The SMILES string of the molecule is CC(C)(C)OC(=O)NC1(C(=O)O)CCN(C2N=CN=C3NC=CC32)CC1. The van der Waals surface area contributed by atoms with Crippen molar-refractivity contribution in [3.8, 4) is 0 Å². The largest absolute Gasteiger partial charge is 0.480 e. The van der Waals surface area contributed by atoms with Gasteiger partial charge in [0.2, 0.25) is 0 Å². The first kappa shape index (κ1) is 18.4. The number of carbonyl (C=O) groups excluding carboxylic acids is 1. The molecule has 0 radical (unpaired) electrons. The second-order valence-electron chi connectivity index (χ2n) is 7.77. The maximum absolute atomic E-state index is 12.1. The summed E-state index contributed by atoms with van der Waals surface area (Å²) in [5.41, 5.74) is -2.00. The third-order valence-electron chi connectivity index (χ3n) is 4.76. The zero-order valence-corrected chi connectivity index (χ0v) is 15.2. The standard InChI is InChI=1S/C17H25N5O4/c1-16(2,3)26-15(25)21-17(14(23)24)5-8-22(9-6-17)13-11-4-7-18-12(11)19-10-20-13/h4,7,10-11,13H,5-6,8-9H2,1-3H3,(H,21,25)(H,23,24)(H,18,19,20). The number of amides is 1. The molecule has 0 bridgehead atoms. The number of ether oxygens (including phenoxy) is 1. The molecular weight excluding hydrogens is 338 g/mol. The Morgan fingerprint density at radius 1 is 1.38 bits per heavy atom. The van der Waals surface area contributed by atoms with Crippen LogP contribution in [0.5, 0.6) is 0 Å². The first-order chi connectivity index (χ1) is 12.2. The van der Waals surface area contributed by atoms with Crippen molar-refractivity contribution in [1.29, 1.82) is 0 Å². The van der Waals surface area contributed by atoms with Gasteiger partial charge in [0.25, 0.3) is 0 Å². The van der Waals surface area contributed by atoms with Crippen LogP contribution >= 0.6 is 0 Å². The van der Waals surface area contributed by atoms with E-state index in [-0.39, 0.29) is 24.9 Å². The van der Waals surface area contributed by atoms with Crippen LogP contribution in [0.15, 0.2) is 22.3 Å². The number of piperidine rings is 1. The number of alkyl carbamates (subject to hydrolysis) is 1. The quantitative estimate of drug-likeness (QED) is 0.687. The van der Waals surface area contributed by atoms with Crippen LogP contribution in [-0.4, -0.2) is 64.6 Å². The number of carboxylic acid groups (broad SMARTS) is 1. The van der Waals surface area contributed by atoms with Crippen molar-refractivity contribution in [2.24, 2.45) is 15.9 Å². The Morgan fingerprint density at radius 2 is 2.08 bits per heavy atom. The maximum Gasteiger partial charge on any atom is 0.408 e. The predicted molar refractivity (Wildman–Crippen MR) is 96.0 cm³/mol. The molecule has 0 aromatic carbocycles. The molecule has 0 aromatic heterocycles. The van der Waals surface area contributed by atoms with Crippen molar-refractivity contribution in [2.75, 3.05) is 13.1 Å². The molecule has 0 aromatic rings. The van der Waals surface area contributed by atoms with E-state index in [0.29, 0.717) is 13.1 Å². The summed E-state index contributed by atoms with van der Waals surface area (Å²) in [6, 6.07) is 0. The number of hydrogen-bond donors (Lipinski definition) is 3. The fraction of sp³-hybridized carbons (Fsp3) is 0.647. The minimum Gasteiger partial charge on any atom is -0.480 e. The summed E-state index contributed by atoms with van der Waals surface area (Å²) in [4.78, 5) is 34.8. The van der Waals surface area contributed by atoms with Gasteiger partial charge in [0.15, 0.2) is 0 Å². The Labute approximate surface area is 152 Å². The van der Waals surface area contributed by atoms with Gasteiger partial charge in [0, 0.05) is 13.1 Å². The van der Waals surface area contributed by atoms with Crippen molar-refractivity contribution >= 4 is 24.2 Å². The molecule has 0 aliphatic carbocycles. The van der Waals surface area contributed by atoms with Gasteiger partial charge < -0.3 is 20.5 Å². The number of aliphatic imine (C=N–C) groups is 2. The summed E-state index contributed by atoms with van der Waals surface area (Å²) >= 11 is 0. The zero-order valence-electron chi connectivity index (χ0n) is 15.2. The van der Waals surface area contributed by atoms with E-state index in [2.05, 4.69) is 25.5 Å². The van der Waals surface area contributed by atoms with Gasteiger partial charge in [0.05, 0.1) is 5.92 Å². The smallest absolute Gasteiger partial charge is 0.408 e. The van der Waals surface area contributed by atoms with Crippen LogP contribution in [0.3, 0.4) is 0 Å². The lowest BCUT2D eigenvalue weighted by molar-refractivity contribution is -0.147. The molecule has 142 valence electrons. The Bertz CT molecular complexity index is 671. The molecule has 3 rings (SSSR count). The molecule has 3 N–H and O–H groups in total. The van der Waals surface area contributed by atoms with E-state index in [1.807, 2.05) is 12.3 Å². The van der Waals surface area contributed by atoms with Crippen LogP contribution in [0.2, 0.25) is 0 Å². The number of aliphatic carboxylic acids is 1. The molecule has 2 atom stereocenters.